The summed E-state index contributed by atoms with van der Waals surface area (Å²) < 4.78 is 43.0. The van der Waals surface area contributed by atoms with Crippen molar-refractivity contribution in [1.29, 1.82) is 0 Å². The first-order chi connectivity index (χ1) is 15.0. The van der Waals surface area contributed by atoms with Crippen LogP contribution in [0, 0.1) is 13.8 Å². The lowest BCUT2D eigenvalue weighted by atomic mass is 9.68. The number of anilines is 1. The summed E-state index contributed by atoms with van der Waals surface area (Å²) in [5.41, 5.74) is -1.27. The number of nitrogens with one attached hydrogen (secondary N) is 2. The van der Waals surface area contributed by atoms with Gasteiger partial charge in [-0.15, -0.1) is 0 Å². The Hall–Kier alpha value is -3.00. The second-order valence-electron chi connectivity index (χ2n) is 8.55. The van der Waals surface area contributed by atoms with Crippen molar-refractivity contribution in [2.45, 2.75) is 57.3 Å². The molecule has 0 fully saturated rings. The van der Waals surface area contributed by atoms with Crippen molar-refractivity contribution in [3.63, 3.8) is 0 Å². The van der Waals surface area contributed by atoms with Crippen LogP contribution in [-0.2, 0) is 0 Å². The van der Waals surface area contributed by atoms with Gasteiger partial charge in [-0.3, -0.25) is 4.79 Å². The molecule has 1 aromatic heterocycles. The van der Waals surface area contributed by atoms with Gasteiger partial charge in [-0.05, 0) is 67.5 Å². The lowest BCUT2D eigenvalue weighted by molar-refractivity contribution is -0.272. The van der Waals surface area contributed by atoms with Crippen molar-refractivity contribution in [2.75, 3.05) is 5.32 Å². The highest BCUT2D eigenvalue weighted by atomic mass is 19.4. The minimum atomic E-state index is -4.92. The predicted octanol–water partition coefficient (Wildman–Crippen LogP) is 5.19. The van der Waals surface area contributed by atoms with Gasteiger partial charge in [-0.1, -0.05) is 19.1 Å². The number of alkyl halides is 3. The van der Waals surface area contributed by atoms with Crippen molar-refractivity contribution >= 4 is 16.5 Å². The number of hydrogen-bond donors (Lipinski definition) is 4. The van der Waals surface area contributed by atoms with Gasteiger partial charge in [0.05, 0.1) is 6.04 Å². The molecule has 0 spiro atoms. The summed E-state index contributed by atoms with van der Waals surface area (Å²) in [6.07, 6.45) is -3.75. The van der Waals surface area contributed by atoms with E-state index in [1.165, 1.54) is 6.20 Å². The van der Waals surface area contributed by atoms with Crippen LogP contribution in [0.25, 0.3) is 10.8 Å². The van der Waals surface area contributed by atoms with Crippen molar-refractivity contribution in [1.82, 2.24) is 4.98 Å². The first-order valence-electron chi connectivity index (χ1n) is 10.5. The van der Waals surface area contributed by atoms with Gasteiger partial charge in [0, 0.05) is 28.2 Å². The standard InChI is InChI=1S/C24H25F3N2O3/c1-4-14-11-23(32,24(25,26)27)21(17-10-12(2)13(3)20(30)19(14)17)29-18-7-5-6-16-15(18)8-9-28-22(16)31/h5-10,14,21,29-30,32H,4,11H2,1-3H3,(H,28,31)/t14-,21-,23+/m0/s1. The Kier molecular flexibility index (Phi) is 5.24. The summed E-state index contributed by atoms with van der Waals surface area (Å²) in [5, 5.41) is 25.6. The summed E-state index contributed by atoms with van der Waals surface area (Å²) in [6, 6.07) is 6.36. The number of benzene rings is 2. The number of halogens is 3. The van der Waals surface area contributed by atoms with Crippen LogP contribution in [0.15, 0.2) is 41.3 Å². The Bertz CT molecular complexity index is 1250. The number of aromatic hydroxyl groups is 1. The number of fused-ring (bicyclic) bond motifs is 2. The molecule has 1 aliphatic carbocycles. The van der Waals surface area contributed by atoms with Gasteiger partial charge in [0.25, 0.3) is 5.56 Å². The van der Waals surface area contributed by atoms with E-state index in [1.54, 1.807) is 51.1 Å². The Morgan fingerprint density at radius 3 is 2.59 bits per heavy atom. The number of hydrogen-bond acceptors (Lipinski definition) is 4. The van der Waals surface area contributed by atoms with Crippen molar-refractivity contribution < 1.29 is 23.4 Å². The maximum atomic E-state index is 14.3. The van der Waals surface area contributed by atoms with Crippen LogP contribution < -0.4 is 10.9 Å². The molecule has 4 N–H and O–H groups in total. The maximum absolute atomic E-state index is 14.3. The Morgan fingerprint density at radius 1 is 1.22 bits per heavy atom. The molecule has 170 valence electrons. The molecule has 4 rings (SSSR count). The molecule has 1 aliphatic rings. The fourth-order valence-electron chi connectivity index (χ4n) is 4.79. The number of phenols is 1. The third kappa shape index (κ3) is 3.24. The first-order valence-corrected chi connectivity index (χ1v) is 10.5. The average Bonchev–Trinajstić information content (AvgIpc) is 2.73. The molecule has 0 unspecified atom stereocenters. The molecule has 32 heavy (non-hydrogen) atoms. The molecule has 0 radical (unpaired) electrons. The highest BCUT2D eigenvalue weighted by Gasteiger charge is 2.62. The summed E-state index contributed by atoms with van der Waals surface area (Å²) in [5.74, 6) is -0.693. The molecular weight excluding hydrogens is 421 g/mol. The Labute approximate surface area is 182 Å². The minimum absolute atomic E-state index is 0.0303. The van der Waals surface area contributed by atoms with Gasteiger partial charge in [0.1, 0.15) is 5.75 Å². The fraction of sp³-hybridized carbons (Fsp3) is 0.375. The second kappa shape index (κ2) is 7.55. The highest BCUT2D eigenvalue weighted by molar-refractivity contribution is 5.93. The molecule has 3 atom stereocenters. The van der Waals surface area contributed by atoms with Crippen molar-refractivity contribution in [3.05, 3.63) is 69.1 Å². The third-order valence-electron chi connectivity index (χ3n) is 6.74. The molecule has 0 saturated carbocycles. The second-order valence-corrected chi connectivity index (χ2v) is 8.55. The number of phenolic OH excluding ortho intramolecular Hbond substituents is 1. The summed E-state index contributed by atoms with van der Waals surface area (Å²) in [6.45, 7) is 5.18. The smallest absolute Gasteiger partial charge is 0.419 e. The van der Waals surface area contributed by atoms with E-state index in [2.05, 4.69) is 10.3 Å². The van der Waals surface area contributed by atoms with Crippen LogP contribution in [0.2, 0.25) is 0 Å². The summed E-state index contributed by atoms with van der Waals surface area (Å²) in [7, 11) is 0. The number of rotatable bonds is 3. The van der Waals surface area contributed by atoms with Gasteiger partial charge in [0.2, 0.25) is 0 Å². The van der Waals surface area contributed by atoms with E-state index < -0.39 is 30.2 Å². The molecule has 0 aliphatic heterocycles. The van der Waals surface area contributed by atoms with Crippen LogP contribution in [0.3, 0.4) is 0 Å². The molecule has 0 saturated heterocycles. The zero-order valence-electron chi connectivity index (χ0n) is 18.0. The molecule has 0 bridgehead atoms. The summed E-state index contributed by atoms with van der Waals surface area (Å²) in [4.78, 5) is 14.7. The molecule has 2 aromatic carbocycles. The number of H-pyrrole nitrogens is 1. The van der Waals surface area contributed by atoms with Crippen LogP contribution >= 0.6 is 0 Å². The van der Waals surface area contributed by atoms with Crippen molar-refractivity contribution in [3.8, 4) is 5.75 Å². The minimum Gasteiger partial charge on any atom is -0.507 e. The molecular formula is C24H25F3N2O3. The molecule has 5 nitrogen and oxygen atoms in total. The number of aryl methyl sites for hydroxylation is 1. The van der Waals surface area contributed by atoms with E-state index in [0.29, 0.717) is 39.6 Å². The molecule has 1 heterocycles. The van der Waals surface area contributed by atoms with E-state index in [0.717, 1.165) is 0 Å². The van der Waals surface area contributed by atoms with E-state index >= 15 is 0 Å². The number of aliphatic hydroxyl groups is 1. The summed E-state index contributed by atoms with van der Waals surface area (Å²) >= 11 is 0. The predicted molar refractivity (Wildman–Crippen MR) is 117 cm³/mol. The topological polar surface area (TPSA) is 85.4 Å². The van der Waals surface area contributed by atoms with Gasteiger partial charge in [-0.25, -0.2) is 0 Å². The van der Waals surface area contributed by atoms with Gasteiger partial charge in [-0.2, -0.15) is 13.2 Å². The highest BCUT2D eigenvalue weighted by Crippen LogP contribution is 2.55. The zero-order valence-corrected chi connectivity index (χ0v) is 18.0. The zero-order chi connectivity index (χ0) is 23.4. The average molecular weight is 446 g/mol. The normalized spacial score (nSPS) is 23.2. The van der Waals surface area contributed by atoms with Crippen LogP contribution in [-0.4, -0.2) is 27.0 Å². The van der Waals surface area contributed by atoms with E-state index in [9.17, 15) is 28.2 Å². The maximum Gasteiger partial charge on any atom is 0.419 e. The first kappa shape index (κ1) is 22.2. The number of pyridine rings is 1. The van der Waals surface area contributed by atoms with Gasteiger partial charge < -0.3 is 20.5 Å². The molecule has 3 aromatic rings. The largest absolute Gasteiger partial charge is 0.507 e. The van der Waals surface area contributed by atoms with Crippen LogP contribution in [0.5, 0.6) is 5.75 Å². The lowest BCUT2D eigenvalue weighted by Gasteiger charge is -2.46. The SMILES string of the molecule is CC[C@H]1C[C@](O)(C(F)(F)F)[C@@H](Nc2cccc3c(=O)[nH]ccc23)c2cc(C)c(C)c(O)c21. The number of aromatic amines is 1. The quantitative estimate of drug-likeness (QED) is 0.446. The van der Waals surface area contributed by atoms with E-state index in [1.807, 2.05) is 0 Å². The van der Waals surface area contributed by atoms with Crippen molar-refractivity contribution in [2.24, 2.45) is 0 Å². The third-order valence-corrected chi connectivity index (χ3v) is 6.74. The van der Waals surface area contributed by atoms with E-state index in [4.69, 9.17) is 0 Å². The van der Waals surface area contributed by atoms with Gasteiger partial charge >= 0.3 is 6.18 Å². The fourth-order valence-corrected chi connectivity index (χ4v) is 4.79. The number of aromatic nitrogens is 1. The molecule has 0 amide bonds. The van der Waals surface area contributed by atoms with Crippen LogP contribution in [0.1, 0.15) is 54.0 Å². The molecule has 8 heteroatoms. The van der Waals surface area contributed by atoms with E-state index in [-0.39, 0.29) is 16.9 Å². The monoisotopic (exact) mass is 446 g/mol. The lowest BCUT2D eigenvalue weighted by Crippen LogP contribution is -2.55. The Balaban J connectivity index is 1.98. The van der Waals surface area contributed by atoms with Gasteiger partial charge in [0.15, 0.2) is 5.60 Å². The van der Waals surface area contributed by atoms with Crippen LogP contribution in [0.4, 0.5) is 18.9 Å². The Morgan fingerprint density at radius 2 is 1.94 bits per heavy atom.